The highest BCUT2D eigenvalue weighted by atomic mass is 19.1. The van der Waals surface area contributed by atoms with Crippen molar-refractivity contribution in [1.82, 2.24) is 15.2 Å². The predicted octanol–water partition coefficient (Wildman–Crippen LogP) is 2.08. The Kier molecular flexibility index (Phi) is 5.36. The van der Waals surface area contributed by atoms with Crippen LogP contribution in [0, 0.1) is 17.1 Å². The SMILES string of the molecule is N#Cc1ccc(OCc2cccc(CN3CCNCC3)n2)c(F)c1. The van der Waals surface area contributed by atoms with E-state index in [1.807, 2.05) is 24.3 Å². The number of halogens is 1. The van der Waals surface area contributed by atoms with Gasteiger partial charge in [-0.3, -0.25) is 9.88 Å². The summed E-state index contributed by atoms with van der Waals surface area (Å²) in [4.78, 5) is 6.93. The Morgan fingerprint density at radius 2 is 2.00 bits per heavy atom. The van der Waals surface area contributed by atoms with Crippen LogP contribution >= 0.6 is 0 Å². The van der Waals surface area contributed by atoms with Crippen LogP contribution in [0.3, 0.4) is 0 Å². The Bertz CT molecular complexity index is 738. The van der Waals surface area contributed by atoms with Crippen molar-refractivity contribution >= 4 is 0 Å². The van der Waals surface area contributed by atoms with Crippen LogP contribution in [0.25, 0.3) is 0 Å². The van der Waals surface area contributed by atoms with Gasteiger partial charge in [0.1, 0.15) is 6.61 Å². The van der Waals surface area contributed by atoms with E-state index in [-0.39, 0.29) is 17.9 Å². The molecule has 0 saturated carbocycles. The smallest absolute Gasteiger partial charge is 0.166 e. The zero-order chi connectivity index (χ0) is 16.8. The molecule has 2 aromatic rings. The van der Waals surface area contributed by atoms with Gasteiger partial charge < -0.3 is 10.1 Å². The molecule has 2 heterocycles. The Hall–Kier alpha value is -2.49. The average Bonchev–Trinajstić information content (AvgIpc) is 2.62. The minimum absolute atomic E-state index is 0.128. The second-order valence-electron chi connectivity index (χ2n) is 5.69. The van der Waals surface area contributed by atoms with E-state index in [1.165, 1.54) is 18.2 Å². The lowest BCUT2D eigenvalue weighted by Crippen LogP contribution is -2.43. The number of rotatable bonds is 5. The van der Waals surface area contributed by atoms with Gasteiger partial charge in [-0.25, -0.2) is 4.39 Å². The van der Waals surface area contributed by atoms with Crippen LogP contribution in [0.5, 0.6) is 5.75 Å². The van der Waals surface area contributed by atoms with E-state index in [1.54, 1.807) is 0 Å². The number of nitrogens with one attached hydrogen (secondary N) is 1. The second-order valence-corrected chi connectivity index (χ2v) is 5.69. The molecule has 0 atom stereocenters. The first-order valence-corrected chi connectivity index (χ1v) is 7.95. The van der Waals surface area contributed by atoms with E-state index in [4.69, 9.17) is 10.00 Å². The Morgan fingerprint density at radius 1 is 1.21 bits per heavy atom. The first-order valence-electron chi connectivity index (χ1n) is 7.95. The van der Waals surface area contributed by atoms with E-state index < -0.39 is 5.82 Å². The fourth-order valence-electron chi connectivity index (χ4n) is 2.64. The zero-order valence-corrected chi connectivity index (χ0v) is 13.3. The first kappa shape index (κ1) is 16.4. The number of pyridine rings is 1. The Labute approximate surface area is 140 Å². The summed E-state index contributed by atoms with van der Waals surface area (Å²) in [5.74, 6) is -0.408. The summed E-state index contributed by atoms with van der Waals surface area (Å²) in [5.41, 5.74) is 2.01. The lowest BCUT2D eigenvalue weighted by molar-refractivity contribution is 0.229. The van der Waals surface area contributed by atoms with Gasteiger partial charge in [0.25, 0.3) is 0 Å². The van der Waals surface area contributed by atoms with Gasteiger partial charge in [-0.2, -0.15) is 5.26 Å². The maximum absolute atomic E-state index is 13.8. The summed E-state index contributed by atoms with van der Waals surface area (Å²) >= 11 is 0. The summed E-state index contributed by atoms with van der Waals surface area (Å²) in [6, 6.07) is 11.9. The highest BCUT2D eigenvalue weighted by Crippen LogP contribution is 2.19. The Balaban J connectivity index is 1.61. The summed E-state index contributed by atoms with van der Waals surface area (Å²) in [6.45, 7) is 5.03. The van der Waals surface area contributed by atoms with Crippen LogP contribution in [0.1, 0.15) is 17.0 Å². The highest BCUT2D eigenvalue weighted by Gasteiger charge is 2.11. The third kappa shape index (κ3) is 4.28. The third-order valence-corrected chi connectivity index (χ3v) is 3.90. The van der Waals surface area contributed by atoms with E-state index >= 15 is 0 Å². The van der Waals surface area contributed by atoms with Crippen molar-refractivity contribution in [3.63, 3.8) is 0 Å². The van der Waals surface area contributed by atoms with Gasteiger partial charge in [-0.05, 0) is 30.3 Å². The van der Waals surface area contributed by atoms with Gasteiger partial charge in [0.15, 0.2) is 11.6 Å². The molecule has 1 N–H and O–H groups in total. The molecule has 1 saturated heterocycles. The lowest BCUT2D eigenvalue weighted by Gasteiger charge is -2.26. The molecule has 1 aromatic heterocycles. The van der Waals surface area contributed by atoms with E-state index in [0.717, 1.165) is 44.1 Å². The van der Waals surface area contributed by atoms with Gasteiger partial charge in [-0.1, -0.05) is 6.07 Å². The molecule has 1 fully saturated rings. The molecule has 0 bridgehead atoms. The van der Waals surface area contributed by atoms with Crippen molar-refractivity contribution < 1.29 is 9.13 Å². The quantitative estimate of drug-likeness (QED) is 0.911. The fraction of sp³-hybridized carbons (Fsp3) is 0.333. The number of benzene rings is 1. The summed E-state index contributed by atoms with van der Waals surface area (Å²) < 4.78 is 19.3. The number of ether oxygens (including phenoxy) is 1. The van der Waals surface area contributed by atoms with Gasteiger partial charge in [-0.15, -0.1) is 0 Å². The van der Waals surface area contributed by atoms with Crippen molar-refractivity contribution in [1.29, 1.82) is 5.26 Å². The maximum Gasteiger partial charge on any atom is 0.166 e. The van der Waals surface area contributed by atoms with Crippen LogP contribution in [0.4, 0.5) is 4.39 Å². The van der Waals surface area contributed by atoms with Crippen LogP contribution in [-0.2, 0) is 13.2 Å². The number of hydrogen-bond donors (Lipinski definition) is 1. The van der Waals surface area contributed by atoms with Crippen molar-refractivity contribution in [2.45, 2.75) is 13.2 Å². The molecular formula is C18H19FN4O. The molecular weight excluding hydrogens is 307 g/mol. The highest BCUT2D eigenvalue weighted by molar-refractivity contribution is 5.36. The van der Waals surface area contributed by atoms with Crippen LogP contribution < -0.4 is 10.1 Å². The molecule has 0 unspecified atom stereocenters. The first-order chi connectivity index (χ1) is 11.7. The fourth-order valence-corrected chi connectivity index (χ4v) is 2.64. The standard InChI is InChI=1S/C18H19FN4O/c19-17-10-14(11-20)4-5-18(17)24-13-16-3-1-2-15(22-16)12-23-8-6-21-7-9-23/h1-5,10,21H,6-9,12-13H2. The molecule has 0 radical (unpaired) electrons. The van der Waals surface area contributed by atoms with E-state index in [9.17, 15) is 4.39 Å². The minimum Gasteiger partial charge on any atom is -0.484 e. The van der Waals surface area contributed by atoms with Gasteiger partial charge in [0.05, 0.1) is 23.0 Å². The number of aromatic nitrogens is 1. The van der Waals surface area contributed by atoms with Crippen molar-refractivity contribution in [3.8, 4) is 11.8 Å². The molecule has 0 amide bonds. The summed E-state index contributed by atoms with van der Waals surface area (Å²) in [7, 11) is 0. The largest absolute Gasteiger partial charge is 0.484 e. The molecule has 6 heteroatoms. The van der Waals surface area contributed by atoms with E-state index in [2.05, 4.69) is 15.2 Å². The molecule has 1 aliphatic heterocycles. The van der Waals surface area contributed by atoms with Crippen LogP contribution in [0.15, 0.2) is 36.4 Å². The molecule has 1 aliphatic rings. The van der Waals surface area contributed by atoms with Crippen molar-refractivity contribution in [3.05, 3.63) is 59.2 Å². The number of nitriles is 1. The molecule has 24 heavy (non-hydrogen) atoms. The van der Waals surface area contributed by atoms with Gasteiger partial charge in [0, 0.05) is 32.7 Å². The summed E-state index contributed by atoms with van der Waals surface area (Å²) in [6.07, 6.45) is 0. The molecule has 0 spiro atoms. The molecule has 1 aromatic carbocycles. The van der Waals surface area contributed by atoms with Gasteiger partial charge >= 0.3 is 0 Å². The van der Waals surface area contributed by atoms with Crippen LogP contribution in [-0.4, -0.2) is 36.1 Å². The zero-order valence-electron chi connectivity index (χ0n) is 13.3. The molecule has 0 aliphatic carbocycles. The molecule has 3 rings (SSSR count). The van der Waals surface area contributed by atoms with Gasteiger partial charge in [0.2, 0.25) is 0 Å². The topological polar surface area (TPSA) is 61.2 Å². The third-order valence-electron chi connectivity index (χ3n) is 3.90. The van der Waals surface area contributed by atoms with Crippen molar-refractivity contribution in [2.24, 2.45) is 0 Å². The molecule has 124 valence electrons. The molecule has 5 nitrogen and oxygen atoms in total. The minimum atomic E-state index is -0.536. The second kappa shape index (κ2) is 7.86. The summed E-state index contributed by atoms with van der Waals surface area (Å²) in [5, 5.41) is 12.1. The van der Waals surface area contributed by atoms with E-state index in [0.29, 0.717) is 0 Å². The lowest BCUT2D eigenvalue weighted by atomic mass is 10.2. The predicted molar refractivity (Wildman–Crippen MR) is 87.8 cm³/mol. The number of piperazine rings is 1. The number of hydrogen-bond acceptors (Lipinski definition) is 5. The maximum atomic E-state index is 13.8. The normalized spacial score (nSPS) is 15.0. The monoisotopic (exact) mass is 326 g/mol. The average molecular weight is 326 g/mol. The van der Waals surface area contributed by atoms with Crippen molar-refractivity contribution in [2.75, 3.05) is 26.2 Å². The van der Waals surface area contributed by atoms with Crippen LogP contribution in [0.2, 0.25) is 0 Å². The number of nitrogens with zero attached hydrogens (tertiary/aromatic N) is 3. The Morgan fingerprint density at radius 3 is 2.75 bits per heavy atom.